The molecule has 0 spiro atoms. The number of hydrogen-bond acceptors (Lipinski definition) is 2. The van der Waals surface area contributed by atoms with Crippen LogP contribution >= 0.6 is 0 Å². The summed E-state index contributed by atoms with van der Waals surface area (Å²) in [5.74, 6) is -0.809. The molecule has 0 aromatic heterocycles. The Kier molecular flexibility index (Phi) is 2.60. The quantitative estimate of drug-likeness (QED) is 0.617. The molecule has 13 heavy (non-hydrogen) atoms. The maximum atomic E-state index is 12.4. The molecule has 3 N–H and O–H groups in total. The minimum Gasteiger partial charge on any atom is -0.380 e. The fourth-order valence-electron chi connectivity index (χ4n) is 1.84. The SMILES string of the molecule is CC1C[C@H](N)CC[C@]1(O)C(F)(F)F. The van der Waals surface area contributed by atoms with Crippen molar-refractivity contribution in [2.75, 3.05) is 0 Å². The lowest BCUT2D eigenvalue weighted by atomic mass is 9.74. The van der Waals surface area contributed by atoms with Gasteiger partial charge in [-0.25, -0.2) is 0 Å². The predicted octanol–water partition coefficient (Wildman–Crippen LogP) is 1.43. The van der Waals surface area contributed by atoms with Gasteiger partial charge in [0.05, 0.1) is 0 Å². The van der Waals surface area contributed by atoms with E-state index < -0.39 is 17.7 Å². The summed E-state index contributed by atoms with van der Waals surface area (Å²) in [6, 6.07) is -0.211. The zero-order valence-corrected chi connectivity index (χ0v) is 7.43. The van der Waals surface area contributed by atoms with E-state index in [1.807, 2.05) is 0 Å². The van der Waals surface area contributed by atoms with E-state index in [0.29, 0.717) is 0 Å². The largest absolute Gasteiger partial charge is 0.417 e. The van der Waals surface area contributed by atoms with E-state index in [2.05, 4.69) is 0 Å². The van der Waals surface area contributed by atoms with Crippen LogP contribution in [0.5, 0.6) is 0 Å². The first-order chi connectivity index (χ1) is 5.77. The average Bonchev–Trinajstić information content (AvgIpc) is 1.95. The highest BCUT2D eigenvalue weighted by atomic mass is 19.4. The normalized spacial score (nSPS) is 42.0. The summed E-state index contributed by atoms with van der Waals surface area (Å²) in [5, 5.41) is 9.41. The zero-order chi connectivity index (χ0) is 10.3. The fourth-order valence-corrected chi connectivity index (χ4v) is 1.84. The summed E-state index contributed by atoms with van der Waals surface area (Å²) in [5.41, 5.74) is 2.99. The number of alkyl halides is 3. The molecule has 1 saturated carbocycles. The van der Waals surface area contributed by atoms with Gasteiger partial charge in [0.1, 0.15) is 0 Å². The van der Waals surface area contributed by atoms with E-state index in [1.54, 1.807) is 0 Å². The Morgan fingerprint density at radius 1 is 1.46 bits per heavy atom. The summed E-state index contributed by atoms with van der Waals surface area (Å²) < 4.78 is 37.2. The second-order valence-electron chi connectivity index (χ2n) is 3.86. The molecule has 0 aromatic rings. The molecular weight excluding hydrogens is 183 g/mol. The number of hydrogen-bond donors (Lipinski definition) is 2. The van der Waals surface area contributed by atoms with Crippen molar-refractivity contribution in [3.05, 3.63) is 0 Å². The van der Waals surface area contributed by atoms with Gasteiger partial charge in [0, 0.05) is 6.04 Å². The Morgan fingerprint density at radius 3 is 2.38 bits per heavy atom. The molecule has 0 bridgehead atoms. The van der Waals surface area contributed by atoms with Crippen LogP contribution in [0, 0.1) is 5.92 Å². The van der Waals surface area contributed by atoms with Gasteiger partial charge in [0.2, 0.25) is 0 Å². The van der Waals surface area contributed by atoms with Crippen LogP contribution in [0.15, 0.2) is 0 Å². The Labute approximate surface area is 74.9 Å². The van der Waals surface area contributed by atoms with Gasteiger partial charge < -0.3 is 10.8 Å². The van der Waals surface area contributed by atoms with Gasteiger partial charge in [-0.05, 0) is 25.2 Å². The van der Waals surface area contributed by atoms with Gasteiger partial charge in [0.15, 0.2) is 5.60 Å². The lowest BCUT2D eigenvalue weighted by Gasteiger charge is -2.41. The molecule has 0 saturated heterocycles. The van der Waals surface area contributed by atoms with Gasteiger partial charge >= 0.3 is 6.18 Å². The van der Waals surface area contributed by atoms with Crippen molar-refractivity contribution in [3.63, 3.8) is 0 Å². The molecule has 3 atom stereocenters. The number of aliphatic hydroxyl groups is 1. The van der Waals surface area contributed by atoms with E-state index >= 15 is 0 Å². The molecule has 0 radical (unpaired) electrons. The van der Waals surface area contributed by atoms with E-state index in [9.17, 15) is 18.3 Å². The third kappa shape index (κ3) is 1.81. The van der Waals surface area contributed by atoms with Crippen LogP contribution in [0.4, 0.5) is 13.2 Å². The monoisotopic (exact) mass is 197 g/mol. The second kappa shape index (κ2) is 3.13. The van der Waals surface area contributed by atoms with E-state index in [4.69, 9.17) is 5.73 Å². The van der Waals surface area contributed by atoms with Crippen molar-refractivity contribution in [1.29, 1.82) is 0 Å². The molecule has 1 rings (SSSR count). The highest BCUT2D eigenvalue weighted by Crippen LogP contribution is 2.44. The molecular formula is C8H14F3NO. The summed E-state index contributed by atoms with van der Waals surface area (Å²) in [6.45, 7) is 1.40. The lowest BCUT2D eigenvalue weighted by molar-refractivity contribution is -0.287. The first-order valence-electron chi connectivity index (χ1n) is 4.32. The van der Waals surface area contributed by atoms with Crippen LogP contribution in [0.25, 0.3) is 0 Å². The highest BCUT2D eigenvalue weighted by molar-refractivity contribution is 4.96. The maximum Gasteiger partial charge on any atom is 0.417 e. The molecule has 5 heteroatoms. The molecule has 0 heterocycles. The summed E-state index contributed by atoms with van der Waals surface area (Å²) in [6.07, 6.45) is -4.35. The third-order valence-corrected chi connectivity index (χ3v) is 2.86. The van der Waals surface area contributed by atoms with Gasteiger partial charge in [-0.2, -0.15) is 13.2 Å². The van der Waals surface area contributed by atoms with Crippen molar-refractivity contribution in [3.8, 4) is 0 Å². The molecule has 78 valence electrons. The van der Waals surface area contributed by atoms with Crippen LogP contribution in [-0.2, 0) is 0 Å². The minimum atomic E-state index is -4.54. The van der Waals surface area contributed by atoms with Gasteiger partial charge in [-0.1, -0.05) is 6.92 Å². The number of halogens is 3. The fraction of sp³-hybridized carbons (Fsp3) is 1.00. The van der Waals surface area contributed by atoms with Crippen molar-refractivity contribution in [2.45, 2.75) is 44.0 Å². The van der Waals surface area contributed by atoms with E-state index in [0.717, 1.165) is 0 Å². The molecule has 2 nitrogen and oxygen atoms in total. The van der Waals surface area contributed by atoms with Crippen LogP contribution in [-0.4, -0.2) is 22.9 Å². The van der Waals surface area contributed by atoms with Gasteiger partial charge in [0.25, 0.3) is 0 Å². The van der Waals surface area contributed by atoms with E-state index in [1.165, 1.54) is 6.92 Å². The van der Waals surface area contributed by atoms with Gasteiger partial charge in [-0.15, -0.1) is 0 Å². The lowest BCUT2D eigenvalue weighted by Crippen LogP contribution is -2.55. The summed E-state index contributed by atoms with van der Waals surface area (Å²) >= 11 is 0. The second-order valence-corrected chi connectivity index (χ2v) is 3.86. The third-order valence-electron chi connectivity index (χ3n) is 2.86. The minimum absolute atomic E-state index is 0.211. The van der Waals surface area contributed by atoms with Crippen LogP contribution in [0.2, 0.25) is 0 Å². The Hall–Kier alpha value is -0.290. The molecule has 1 aliphatic carbocycles. The Balaban J connectivity index is 2.79. The van der Waals surface area contributed by atoms with Crippen molar-refractivity contribution < 1.29 is 18.3 Å². The van der Waals surface area contributed by atoms with E-state index in [-0.39, 0.29) is 25.3 Å². The first-order valence-corrected chi connectivity index (χ1v) is 4.32. The number of nitrogens with two attached hydrogens (primary N) is 1. The Morgan fingerprint density at radius 2 is 2.00 bits per heavy atom. The van der Waals surface area contributed by atoms with Crippen molar-refractivity contribution in [1.82, 2.24) is 0 Å². The van der Waals surface area contributed by atoms with Crippen LogP contribution in [0.1, 0.15) is 26.2 Å². The Bertz CT molecular complexity index is 194. The zero-order valence-electron chi connectivity index (χ0n) is 7.43. The topological polar surface area (TPSA) is 46.2 Å². The molecule has 0 aromatic carbocycles. The molecule has 1 fully saturated rings. The molecule has 1 unspecified atom stereocenters. The maximum absolute atomic E-state index is 12.4. The number of rotatable bonds is 0. The van der Waals surface area contributed by atoms with Gasteiger partial charge in [-0.3, -0.25) is 0 Å². The predicted molar refractivity (Wildman–Crippen MR) is 42.0 cm³/mol. The van der Waals surface area contributed by atoms with Crippen molar-refractivity contribution >= 4 is 0 Å². The van der Waals surface area contributed by atoms with Crippen molar-refractivity contribution in [2.24, 2.45) is 11.7 Å². The smallest absolute Gasteiger partial charge is 0.380 e. The molecule has 1 aliphatic rings. The van der Waals surface area contributed by atoms with Crippen LogP contribution < -0.4 is 5.73 Å². The molecule has 0 amide bonds. The van der Waals surface area contributed by atoms with Crippen LogP contribution in [0.3, 0.4) is 0 Å². The first kappa shape index (κ1) is 10.8. The summed E-state index contributed by atoms with van der Waals surface area (Å²) in [7, 11) is 0. The standard InChI is InChI=1S/C8H14F3NO/c1-5-4-6(12)2-3-7(5,13)8(9,10)11/h5-6,13H,2-4,12H2,1H3/t5?,6-,7-/m1/s1. The summed E-state index contributed by atoms with van der Waals surface area (Å²) in [4.78, 5) is 0. The highest BCUT2D eigenvalue weighted by Gasteiger charge is 2.58. The average molecular weight is 197 g/mol. The molecule has 0 aliphatic heterocycles.